The topological polar surface area (TPSA) is 16.4 Å². The molecule has 13 aromatic rings. The van der Waals surface area contributed by atoms with Crippen LogP contribution in [-0.4, -0.2) is 0 Å². The van der Waals surface area contributed by atoms with Crippen LogP contribution >= 0.6 is 0 Å². The summed E-state index contributed by atoms with van der Waals surface area (Å²) in [4.78, 5) is 2.47. The summed E-state index contributed by atoms with van der Waals surface area (Å²) in [7, 11) is 0. The zero-order valence-electron chi connectivity index (χ0n) is 36.4. The molecule has 2 nitrogen and oxygen atoms in total. The Hall–Kier alpha value is -8.72. The second kappa shape index (κ2) is 13.7. The third-order valence-corrected chi connectivity index (χ3v) is 15.0. The van der Waals surface area contributed by atoms with Gasteiger partial charge in [0.1, 0.15) is 11.2 Å². The summed E-state index contributed by atoms with van der Waals surface area (Å²) >= 11 is 0. The summed E-state index contributed by atoms with van der Waals surface area (Å²) in [6, 6.07) is 87.7. The molecule has 310 valence electrons. The first-order chi connectivity index (χ1) is 33.2. The fourth-order valence-corrected chi connectivity index (χ4v) is 12.2. The Kier molecular flexibility index (Phi) is 7.46. The molecular weight excluding hydrogens is 811 g/mol. The van der Waals surface area contributed by atoms with Gasteiger partial charge in [-0.05, 0) is 153 Å². The SMILES string of the molecule is c1ccc2c(c1)-c1ccccc1C21c2ccccc2-c2ccc(N(c3ccc(-c4cccc5oc6cc7ccccc7cc6c45)cc3)c3ccc4c5ccccc5c5ccccc5c4c3)cc21. The van der Waals surface area contributed by atoms with Crippen molar-refractivity contribution in [1.29, 1.82) is 0 Å². The van der Waals surface area contributed by atoms with Gasteiger partial charge < -0.3 is 9.32 Å². The Morgan fingerprint density at radius 3 is 1.40 bits per heavy atom. The zero-order chi connectivity index (χ0) is 43.8. The molecule has 0 saturated carbocycles. The molecule has 0 unspecified atom stereocenters. The average Bonchev–Trinajstić information content (AvgIpc) is 4.02. The van der Waals surface area contributed by atoms with E-state index in [1.54, 1.807) is 0 Å². The predicted octanol–water partition coefficient (Wildman–Crippen LogP) is 17.7. The molecule has 1 aromatic heterocycles. The molecule has 2 aliphatic carbocycles. The van der Waals surface area contributed by atoms with Crippen LogP contribution in [0.2, 0.25) is 0 Å². The van der Waals surface area contributed by atoms with Crippen LogP contribution in [0.15, 0.2) is 241 Å². The van der Waals surface area contributed by atoms with Gasteiger partial charge in [0.25, 0.3) is 0 Å². The van der Waals surface area contributed by atoms with Crippen LogP contribution in [0.3, 0.4) is 0 Å². The summed E-state index contributed by atoms with van der Waals surface area (Å²) in [5.74, 6) is 0. The summed E-state index contributed by atoms with van der Waals surface area (Å²) in [5.41, 5.74) is 17.5. The van der Waals surface area contributed by atoms with E-state index in [1.165, 1.54) is 87.6 Å². The number of benzene rings is 12. The molecule has 15 rings (SSSR count). The van der Waals surface area contributed by atoms with Crippen LogP contribution in [0.5, 0.6) is 0 Å². The lowest BCUT2D eigenvalue weighted by atomic mass is 9.70. The fraction of sp³-hybridized carbons (Fsp3) is 0.0154. The molecule has 1 spiro atoms. The third-order valence-electron chi connectivity index (χ3n) is 15.0. The van der Waals surface area contributed by atoms with Crippen molar-refractivity contribution in [3.05, 3.63) is 259 Å². The minimum absolute atomic E-state index is 0.458. The summed E-state index contributed by atoms with van der Waals surface area (Å²) < 4.78 is 6.53. The van der Waals surface area contributed by atoms with E-state index in [0.29, 0.717) is 0 Å². The highest BCUT2D eigenvalue weighted by molar-refractivity contribution is 6.26. The lowest BCUT2D eigenvalue weighted by Gasteiger charge is -2.32. The molecule has 2 heteroatoms. The molecule has 0 saturated heterocycles. The van der Waals surface area contributed by atoms with E-state index in [-0.39, 0.29) is 0 Å². The number of hydrogen-bond acceptors (Lipinski definition) is 2. The van der Waals surface area contributed by atoms with Gasteiger partial charge in [-0.3, -0.25) is 0 Å². The van der Waals surface area contributed by atoms with Gasteiger partial charge in [-0.1, -0.05) is 182 Å². The fourth-order valence-electron chi connectivity index (χ4n) is 12.2. The largest absolute Gasteiger partial charge is 0.456 e. The normalized spacial score (nSPS) is 13.2. The van der Waals surface area contributed by atoms with Gasteiger partial charge in [0, 0.05) is 27.8 Å². The molecule has 0 aliphatic heterocycles. The maximum Gasteiger partial charge on any atom is 0.136 e. The first-order valence-electron chi connectivity index (χ1n) is 23.2. The molecule has 12 aromatic carbocycles. The van der Waals surface area contributed by atoms with Crippen molar-refractivity contribution >= 4 is 82.1 Å². The zero-order valence-corrected chi connectivity index (χ0v) is 36.4. The highest BCUT2D eigenvalue weighted by Gasteiger charge is 2.51. The first kappa shape index (κ1) is 36.6. The van der Waals surface area contributed by atoms with Crippen molar-refractivity contribution < 1.29 is 4.42 Å². The van der Waals surface area contributed by atoms with Gasteiger partial charge >= 0.3 is 0 Å². The van der Waals surface area contributed by atoms with E-state index in [2.05, 4.69) is 241 Å². The molecule has 0 fully saturated rings. The number of furan rings is 1. The van der Waals surface area contributed by atoms with Crippen molar-refractivity contribution in [2.24, 2.45) is 0 Å². The van der Waals surface area contributed by atoms with Gasteiger partial charge in [-0.15, -0.1) is 0 Å². The molecule has 67 heavy (non-hydrogen) atoms. The van der Waals surface area contributed by atoms with E-state index >= 15 is 0 Å². The quantitative estimate of drug-likeness (QED) is 0.164. The molecule has 0 atom stereocenters. The average molecular weight is 850 g/mol. The number of rotatable bonds is 4. The van der Waals surface area contributed by atoms with Crippen molar-refractivity contribution in [3.8, 4) is 33.4 Å². The monoisotopic (exact) mass is 849 g/mol. The smallest absolute Gasteiger partial charge is 0.136 e. The minimum Gasteiger partial charge on any atom is -0.456 e. The Balaban J connectivity index is 0.966. The Morgan fingerprint density at radius 1 is 0.284 bits per heavy atom. The van der Waals surface area contributed by atoms with Crippen LogP contribution in [-0.2, 0) is 5.41 Å². The van der Waals surface area contributed by atoms with E-state index in [4.69, 9.17) is 4.42 Å². The molecule has 1 heterocycles. The predicted molar refractivity (Wildman–Crippen MR) is 280 cm³/mol. The summed E-state index contributed by atoms with van der Waals surface area (Å²) in [6.07, 6.45) is 0. The van der Waals surface area contributed by atoms with Crippen molar-refractivity contribution in [2.45, 2.75) is 5.41 Å². The highest BCUT2D eigenvalue weighted by Crippen LogP contribution is 2.63. The van der Waals surface area contributed by atoms with Crippen LogP contribution in [0.25, 0.3) is 98.4 Å². The van der Waals surface area contributed by atoms with E-state index in [1.807, 2.05) is 0 Å². The van der Waals surface area contributed by atoms with Crippen LogP contribution in [0.1, 0.15) is 22.3 Å². The number of nitrogens with zero attached hydrogens (tertiary/aromatic N) is 1. The van der Waals surface area contributed by atoms with Gasteiger partial charge in [0.15, 0.2) is 0 Å². The third kappa shape index (κ3) is 4.99. The van der Waals surface area contributed by atoms with Crippen LogP contribution in [0.4, 0.5) is 17.1 Å². The highest BCUT2D eigenvalue weighted by atomic mass is 16.3. The van der Waals surface area contributed by atoms with Gasteiger partial charge in [0.05, 0.1) is 5.41 Å². The maximum atomic E-state index is 6.53. The minimum atomic E-state index is -0.458. The molecule has 0 N–H and O–H groups in total. The number of anilines is 3. The standard InChI is InChI=1S/C65H39NO/c1-2-15-42-37-63-57(36-41(42)14-1)64-46(23-13-27-62(64)67-63)40-28-30-43(31-29-40)66(44-32-34-51-49-18-4-3-16-47(49)48-17-5-6-19-50(48)56(51)38-44)45-33-35-55-54-22-9-12-26-60(54)65(61(55)39-45)58-24-10-7-20-52(58)53-21-8-11-25-59(53)65/h1-39H. The van der Waals surface area contributed by atoms with E-state index < -0.39 is 5.41 Å². The van der Waals surface area contributed by atoms with Crippen molar-refractivity contribution in [3.63, 3.8) is 0 Å². The second-order valence-electron chi connectivity index (χ2n) is 18.3. The van der Waals surface area contributed by atoms with E-state index in [9.17, 15) is 0 Å². The van der Waals surface area contributed by atoms with Gasteiger partial charge in [-0.2, -0.15) is 0 Å². The Labute approximate surface area is 387 Å². The van der Waals surface area contributed by atoms with Crippen molar-refractivity contribution in [2.75, 3.05) is 4.90 Å². The Bertz CT molecular complexity index is 4130. The van der Waals surface area contributed by atoms with Crippen LogP contribution in [0, 0.1) is 0 Å². The first-order valence-corrected chi connectivity index (χ1v) is 23.2. The number of hydrogen-bond donors (Lipinski definition) is 0. The Morgan fingerprint density at radius 2 is 0.761 bits per heavy atom. The van der Waals surface area contributed by atoms with Gasteiger partial charge in [0.2, 0.25) is 0 Å². The van der Waals surface area contributed by atoms with Gasteiger partial charge in [-0.25, -0.2) is 0 Å². The summed E-state index contributed by atoms with van der Waals surface area (Å²) in [5, 5.41) is 12.2. The molecule has 0 radical (unpaired) electrons. The lowest BCUT2D eigenvalue weighted by Crippen LogP contribution is -2.26. The molecular formula is C65H39NO. The maximum absolute atomic E-state index is 6.53. The van der Waals surface area contributed by atoms with Crippen LogP contribution < -0.4 is 4.90 Å². The number of fused-ring (bicyclic) bond motifs is 20. The van der Waals surface area contributed by atoms with E-state index in [0.717, 1.165) is 50.1 Å². The lowest BCUT2D eigenvalue weighted by molar-refractivity contribution is 0.669. The molecule has 2 aliphatic rings. The molecule has 0 bridgehead atoms. The van der Waals surface area contributed by atoms with Crippen molar-refractivity contribution in [1.82, 2.24) is 0 Å². The molecule has 0 amide bonds. The summed E-state index contributed by atoms with van der Waals surface area (Å²) in [6.45, 7) is 0. The second-order valence-corrected chi connectivity index (χ2v) is 18.3.